The highest BCUT2D eigenvalue weighted by Gasteiger charge is 2.31. The van der Waals surface area contributed by atoms with Crippen molar-refractivity contribution in [2.24, 2.45) is 0 Å². The second-order valence-corrected chi connectivity index (χ2v) is 5.59. The number of amides is 1. The molecule has 11 nitrogen and oxygen atoms in total. The van der Waals surface area contributed by atoms with Gasteiger partial charge in [-0.3, -0.25) is 14.9 Å². The van der Waals surface area contributed by atoms with Gasteiger partial charge < -0.3 is 24.1 Å². The smallest absolute Gasteiger partial charge is 0.346 e. The van der Waals surface area contributed by atoms with E-state index in [1.165, 1.54) is 6.07 Å². The number of aryl methyl sites for hydroxylation is 1. The van der Waals surface area contributed by atoms with Crippen molar-refractivity contribution in [3.8, 4) is 11.5 Å². The van der Waals surface area contributed by atoms with Crippen molar-refractivity contribution < 1.29 is 33.2 Å². The first-order valence-corrected chi connectivity index (χ1v) is 7.92. The molecule has 1 amide bonds. The molecule has 1 atom stereocenters. The Kier molecular flexibility index (Phi) is 4.92. The molecule has 0 spiro atoms. The number of hydrogen-bond acceptors (Lipinski definition) is 9. The lowest BCUT2D eigenvalue weighted by molar-refractivity contribution is -0.385. The molecule has 0 saturated heterocycles. The molecule has 1 N–H and O–H groups in total. The van der Waals surface area contributed by atoms with E-state index in [9.17, 15) is 19.7 Å². The van der Waals surface area contributed by atoms with Crippen LogP contribution in [-0.2, 0) is 9.53 Å². The van der Waals surface area contributed by atoms with E-state index in [1.54, 1.807) is 13.8 Å². The fourth-order valence-corrected chi connectivity index (χ4v) is 2.39. The number of aromatic nitrogens is 1. The summed E-state index contributed by atoms with van der Waals surface area (Å²) in [6.07, 6.45) is -1.04. The Balaban J connectivity index is 1.78. The maximum absolute atomic E-state index is 12.5. The fourth-order valence-electron chi connectivity index (χ4n) is 2.39. The number of esters is 1. The number of nitrogens with zero attached hydrogens (tertiary/aromatic N) is 2. The van der Waals surface area contributed by atoms with E-state index in [-0.39, 0.29) is 36.1 Å². The molecule has 1 aliphatic heterocycles. The van der Waals surface area contributed by atoms with E-state index in [1.807, 2.05) is 0 Å². The number of fused-ring (bicyclic) bond motifs is 1. The number of carbonyl (C=O) groups is 2. The van der Waals surface area contributed by atoms with Crippen LogP contribution in [0.1, 0.15) is 29.5 Å². The van der Waals surface area contributed by atoms with Crippen molar-refractivity contribution in [1.82, 2.24) is 5.16 Å². The average Bonchev–Trinajstić information content (AvgIpc) is 3.26. The van der Waals surface area contributed by atoms with Gasteiger partial charge in [-0.25, -0.2) is 4.79 Å². The molecule has 0 aliphatic carbocycles. The molecule has 0 bridgehead atoms. The van der Waals surface area contributed by atoms with Crippen molar-refractivity contribution >= 4 is 23.4 Å². The van der Waals surface area contributed by atoms with Crippen molar-refractivity contribution in [2.45, 2.75) is 26.4 Å². The average molecular weight is 377 g/mol. The van der Waals surface area contributed by atoms with E-state index >= 15 is 0 Å². The quantitative estimate of drug-likeness (QED) is 0.455. The van der Waals surface area contributed by atoms with Gasteiger partial charge in [0.1, 0.15) is 11.3 Å². The largest absolute Gasteiger partial charge is 0.454 e. The molecule has 27 heavy (non-hydrogen) atoms. The lowest BCUT2D eigenvalue weighted by Gasteiger charge is -2.15. The number of nitro benzene ring substituents is 1. The summed E-state index contributed by atoms with van der Waals surface area (Å²) in [4.78, 5) is 35.3. The first kappa shape index (κ1) is 18.2. The Morgan fingerprint density at radius 2 is 2.04 bits per heavy atom. The van der Waals surface area contributed by atoms with Gasteiger partial charge in [0.25, 0.3) is 11.6 Å². The van der Waals surface area contributed by atoms with E-state index in [0.717, 1.165) is 12.1 Å². The minimum Gasteiger partial charge on any atom is -0.454 e. The van der Waals surface area contributed by atoms with Crippen LogP contribution >= 0.6 is 0 Å². The molecule has 2 heterocycles. The fraction of sp³-hybridized carbons (Fsp3) is 0.312. The molecule has 0 saturated carbocycles. The second kappa shape index (κ2) is 7.32. The van der Waals surface area contributed by atoms with E-state index in [2.05, 4.69) is 10.5 Å². The molecule has 0 fully saturated rings. The number of anilines is 1. The van der Waals surface area contributed by atoms with Gasteiger partial charge in [0.05, 0.1) is 11.0 Å². The van der Waals surface area contributed by atoms with Gasteiger partial charge in [0, 0.05) is 12.1 Å². The van der Waals surface area contributed by atoms with E-state index in [0.29, 0.717) is 5.76 Å². The first-order chi connectivity index (χ1) is 12.9. The summed E-state index contributed by atoms with van der Waals surface area (Å²) in [6.45, 7) is 3.17. The summed E-state index contributed by atoms with van der Waals surface area (Å²) in [7, 11) is 0. The van der Waals surface area contributed by atoms with Gasteiger partial charge >= 0.3 is 5.97 Å². The third kappa shape index (κ3) is 3.81. The predicted molar refractivity (Wildman–Crippen MR) is 88.6 cm³/mol. The first-order valence-electron chi connectivity index (χ1n) is 7.92. The highest BCUT2D eigenvalue weighted by atomic mass is 16.7. The van der Waals surface area contributed by atoms with E-state index < -0.39 is 28.6 Å². The zero-order chi connectivity index (χ0) is 19.6. The summed E-state index contributed by atoms with van der Waals surface area (Å²) in [5, 5.41) is 17.3. The SMILES string of the molecule is CCC(OC(=O)c1cc2c(cc1[N+](=O)[O-])OCO2)C(=O)Nc1cc(C)on1. The van der Waals surface area contributed by atoms with Crippen LogP contribution in [0.5, 0.6) is 11.5 Å². The van der Waals surface area contributed by atoms with Crippen LogP contribution in [0, 0.1) is 17.0 Å². The van der Waals surface area contributed by atoms with Crippen LogP contribution in [0.15, 0.2) is 22.7 Å². The summed E-state index contributed by atoms with van der Waals surface area (Å²) in [5.74, 6) is -0.666. The Morgan fingerprint density at radius 3 is 2.63 bits per heavy atom. The summed E-state index contributed by atoms with van der Waals surface area (Å²) in [5.41, 5.74) is -0.848. The zero-order valence-electron chi connectivity index (χ0n) is 14.4. The Bertz CT molecular complexity index is 907. The summed E-state index contributed by atoms with van der Waals surface area (Å²) in [6, 6.07) is 3.74. The zero-order valence-corrected chi connectivity index (χ0v) is 14.4. The summed E-state index contributed by atoms with van der Waals surface area (Å²) >= 11 is 0. The van der Waals surface area contributed by atoms with E-state index in [4.69, 9.17) is 18.7 Å². The van der Waals surface area contributed by atoms with Crippen LogP contribution in [0.2, 0.25) is 0 Å². The molecule has 1 unspecified atom stereocenters. The van der Waals surface area contributed by atoms with Gasteiger partial charge in [0.15, 0.2) is 23.4 Å². The van der Waals surface area contributed by atoms with Crippen LogP contribution in [0.4, 0.5) is 11.5 Å². The Morgan fingerprint density at radius 1 is 1.33 bits per heavy atom. The van der Waals surface area contributed by atoms with Crippen molar-refractivity contribution in [1.29, 1.82) is 0 Å². The van der Waals surface area contributed by atoms with Gasteiger partial charge in [-0.05, 0) is 13.3 Å². The van der Waals surface area contributed by atoms with Crippen LogP contribution in [0.3, 0.4) is 0 Å². The lowest BCUT2D eigenvalue weighted by Crippen LogP contribution is -2.32. The van der Waals surface area contributed by atoms with Gasteiger partial charge in [-0.15, -0.1) is 0 Å². The number of rotatable bonds is 6. The molecule has 2 aromatic rings. The number of nitrogens with one attached hydrogen (secondary N) is 1. The maximum Gasteiger partial charge on any atom is 0.346 e. The minimum absolute atomic E-state index is 0.109. The topological polar surface area (TPSA) is 143 Å². The third-order valence-corrected chi connectivity index (χ3v) is 3.70. The highest BCUT2D eigenvalue weighted by Crippen LogP contribution is 2.38. The highest BCUT2D eigenvalue weighted by molar-refractivity contribution is 5.99. The Hall–Kier alpha value is -3.63. The van der Waals surface area contributed by atoms with Gasteiger partial charge in [0.2, 0.25) is 6.79 Å². The molecule has 1 aromatic carbocycles. The molecule has 0 radical (unpaired) electrons. The normalized spacial score (nSPS) is 13.1. The number of carbonyl (C=O) groups excluding carboxylic acids is 2. The van der Waals surface area contributed by atoms with Crippen LogP contribution in [-0.4, -0.2) is 34.9 Å². The third-order valence-electron chi connectivity index (χ3n) is 3.70. The monoisotopic (exact) mass is 377 g/mol. The number of nitro groups is 1. The summed E-state index contributed by atoms with van der Waals surface area (Å²) < 4.78 is 20.2. The predicted octanol–water partition coefficient (Wildman–Crippen LogP) is 2.19. The maximum atomic E-state index is 12.5. The standard InChI is InChI=1S/C16H15N3O8/c1-3-11(15(20)17-14-4-8(2)27-18-14)26-16(21)9-5-12-13(25-7-24-12)6-10(9)19(22)23/h4-6,11H,3,7H2,1-2H3,(H,17,18,20). The number of benzene rings is 1. The molecular formula is C16H15N3O8. The minimum atomic E-state index is -1.18. The molecule has 11 heteroatoms. The molecular weight excluding hydrogens is 362 g/mol. The molecule has 142 valence electrons. The van der Waals surface area contributed by atoms with Crippen molar-refractivity contribution in [3.63, 3.8) is 0 Å². The van der Waals surface area contributed by atoms with Crippen LogP contribution in [0.25, 0.3) is 0 Å². The van der Waals surface area contributed by atoms with Crippen molar-refractivity contribution in [3.05, 3.63) is 39.6 Å². The van der Waals surface area contributed by atoms with Crippen LogP contribution < -0.4 is 14.8 Å². The Labute approximate surface area is 152 Å². The number of ether oxygens (including phenoxy) is 3. The van der Waals surface area contributed by atoms with Gasteiger partial charge in [-0.1, -0.05) is 12.1 Å². The van der Waals surface area contributed by atoms with Gasteiger partial charge in [-0.2, -0.15) is 0 Å². The van der Waals surface area contributed by atoms with Crippen molar-refractivity contribution in [2.75, 3.05) is 12.1 Å². The number of hydrogen-bond donors (Lipinski definition) is 1. The molecule has 3 rings (SSSR count). The molecule has 1 aliphatic rings. The second-order valence-electron chi connectivity index (χ2n) is 5.59. The lowest BCUT2D eigenvalue weighted by atomic mass is 10.1. The molecule has 1 aromatic heterocycles.